The van der Waals surface area contributed by atoms with Gasteiger partial charge in [-0.05, 0) is 0 Å². The Balaban J connectivity index is 2.49. The molecule has 0 N–H and O–H groups in total. The molecule has 0 nitrogen and oxygen atoms in total. The largest absolute Gasteiger partial charge is 0.203 e. The van der Waals surface area contributed by atoms with Gasteiger partial charge in [-0.3, -0.25) is 0 Å². The normalized spacial score (nSPS) is 15.3. The third-order valence-corrected chi connectivity index (χ3v) is 3.40. The molecule has 2 aromatic carbocycles. The van der Waals surface area contributed by atoms with E-state index in [0.29, 0.717) is 0 Å². The average molecular weight is 402 g/mol. The van der Waals surface area contributed by atoms with Crippen LogP contribution in [0.3, 0.4) is 0 Å². The fourth-order valence-electron chi connectivity index (χ4n) is 2.00. The summed E-state index contributed by atoms with van der Waals surface area (Å²) >= 11 is 0. The van der Waals surface area contributed by atoms with Crippen molar-refractivity contribution in [2.75, 3.05) is 0 Å². The third-order valence-electron chi connectivity index (χ3n) is 3.40. The Morgan fingerprint density at radius 2 is 0.607 bits per heavy atom. The van der Waals surface area contributed by atoms with Crippen molar-refractivity contribution in [3.8, 4) is 0 Å². The average Bonchev–Trinajstić information content (AvgIpc) is 2.76. The fraction of sp³-hybridized carbons (Fsp3) is 0. The molecule has 0 atom stereocenters. The number of hydrogen-bond donors (Lipinski definition) is 0. The highest BCUT2D eigenvalue weighted by atomic mass is 19.2. The maximum atomic E-state index is 13.8. The molecule has 0 amide bonds. The molecule has 28 heavy (non-hydrogen) atoms. The first kappa shape index (κ1) is 21.1. The van der Waals surface area contributed by atoms with Crippen LogP contribution in [0.5, 0.6) is 0 Å². The fourth-order valence-corrected chi connectivity index (χ4v) is 2.00. The van der Waals surface area contributed by atoms with Crippen LogP contribution in [-0.2, 0) is 0 Å². The monoisotopic (exact) mass is 402 g/mol. The lowest BCUT2D eigenvalue weighted by Crippen LogP contribution is -1.92. The predicted octanol–water partition coefficient (Wildman–Crippen LogP) is 7.90. The first-order chi connectivity index (χ1) is 13.3. The number of benzene rings is 2. The van der Waals surface area contributed by atoms with Crippen molar-refractivity contribution < 1.29 is 35.1 Å². The van der Waals surface area contributed by atoms with E-state index in [1.54, 1.807) is 0 Å². The zero-order valence-corrected chi connectivity index (χ0v) is 13.8. The molecule has 2 rings (SSSR count). The van der Waals surface area contributed by atoms with Crippen LogP contribution in [-0.4, -0.2) is 0 Å². The number of rotatable bonds is 5. The van der Waals surface area contributed by atoms with Crippen LogP contribution in [0, 0.1) is 0 Å². The van der Waals surface area contributed by atoms with Crippen LogP contribution in [0.2, 0.25) is 0 Å². The Morgan fingerprint density at radius 3 is 0.893 bits per heavy atom. The van der Waals surface area contributed by atoms with E-state index in [4.69, 9.17) is 0 Å². The Hall–Kier alpha value is -3.16. The van der Waals surface area contributed by atoms with E-state index in [1.165, 1.54) is 36.4 Å². The summed E-state index contributed by atoms with van der Waals surface area (Å²) in [6.07, 6.45) is 0. The van der Waals surface area contributed by atoms with Gasteiger partial charge in [-0.1, -0.05) is 60.7 Å². The second-order valence-electron chi connectivity index (χ2n) is 5.24. The van der Waals surface area contributed by atoms with Crippen molar-refractivity contribution in [1.29, 1.82) is 0 Å². The van der Waals surface area contributed by atoms with Crippen LogP contribution < -0.4 is 0 Å². The van der Waals surface area contributed by atoms with Crippen LogP contribution in [0.15, 0.2) is 95.6 Å². The van der Waals surface area contributed by atoms with Crippen molar-refractivity contribution in [3.63, 3.8) is 0 Å². The lowest BCUT2D eigenvalue weighted by Gasteiger charge is -2.03. The van der Waals surface area contributed by atoms with Gasteiger partial charge < -0.3 is 0 Å². The van der Waals surface area contributed by atoms with Crippen LogP contribution >= 0.6 is 0 Å². The highest BCUT2D eigenvalue weighted by molar-refractivity contribution is 5.66. The summed E-state index contributed by atoms with van der Waals surface area (Å²) in [7, 11) is 0. The molecule has 0 unspecified atom stereocenters. The number of hydrogen-bond acceptors (Lipinski definition) is 0. The maximum Gasteiger partial charge on any atom is 0.200 e. The molecule has 0 aromatic heterocycles. The molecule has 0 bridgehead atoms. The SMILES string of the molecule is FC(/C(F)=C(F)/C(F)=C(\F)c1ccccc1)=C(F)\C(F)=C(/F)c1ccccc1. The molecule has 8 heteroatoms. The van der Waals surface area contributed by atoms with Gasteiger partial charge in [-0.25, -0.2) is 35.1 Å². The molecule has 0 radical (unpaired) electrons. The Bertz CT molecular complexity index is 888. The lowest BCUT2D eigenvalue weighted by atomic mass is 10.1. The Morgan fingerprint density at radius 1 is 0.357 bits per heavy atom. The molecule has 0 saturated carbocycles. The predicted molar refractivity (Wildman–Crippen MR) is 89.6 cm³/mol. The van der Waals surface area contributed by atoms with Gasteiger partial charge in [-0.2, -0.15) is 0 Å². The van der Waals surface area contributed by atoms with Crippen molar-refractivity contribution in [2.45, 2.75) is 0 Å². The summed E-state index contributed by atoms with van der Waals surface area (Å²) in [5, 5.41) is 0. The molecule has 0 aliphatic carbocycles. The molecule has 0 saturated heterocycles. The molecule has 2 aromatic rings. The molecular weight excluding hydrogens is 392 g/mol. The van der Waals surface area contributed by atoms with Crippen molar-refractivity contribution >= 4 is 11.7 Å². The van der Waals surface area contributed by atoms with Crippen LogP contribution in [0.25, 0.3) is 11.7 Å². The Kier molecular flexibility index (Phi) is 6.92. The maximum absolute atomic E-state index is 13.8. The highest BCUT2D eigenvalue weighted by Gasteiger charge is 2.26. The molecule has 0 aliphatic heterocycles. The zero-order chi connectivity index (χ0) is 20.8. The minimum Gasteiger partial charge on any atom is -0.203 e. The van der Waals surface area contributed by atoms with E-state index in [9.17, 15) is 35.1 Å². The summed E-state index contributed by atoms with van der Waals surface area (Å²) in [5.41, 5.74) is -1.01. The topological polar surface area (TPSA) is 0 Å². The van der Waals surface area contributed by atoms with Crippen LogP contribution in [0.4, 0.5) is 35.1 Å². The van der Waals surface area contributed by atoms with E-state index >= 15 is 0 Å². The van der Waals surface area contributed by atoms with Gasteiger partial charge in [0.2, 0.25) is 23.3 Å². The van der Waals surface area contributed by atoms with Crippen molar-refractivity contribution in [2.24, 2.45) is 0 Å². The van der Waals surface area contributed by atoms with Gasteiger partial charge >= 0.3 is 0 Å². The van der Waals surface area contributed by atoms with Gasteiger partial charge in [0, 0.05) is 11.1 Å². The standard InChI is InChI=1S/C20H10F8/c21-13(11-7-3-1-4-8-11)15(23)17(25)19(27)20(28)18(26)16(24)14(22)12-9-5-2-6-10-12/h1-10H/b15-13+,16-14+,19-17+,20-18+. The van der Waals surface area contributed by atoms with Gasteiger partial charge in [0.15, 0.2) is 23.3 Å². The van der Waals surface area contributed by atoms with Gasteiger partial charge in [0.05, 0.1) is 0 Å². The molecular formula is C20H10F8. The molecule has 146 valence electrons. The molecule has 0 spiro atoms. The molecule has 0 fully saturated rings. The van der Waals surface area contributed by atoms with Gasteiger partial charge in [0.1, 0.15) is 0 Å². The first-order valence-electron chi connectivity index (χ1n) is 7.58. The lowest BCUT2D eigenvalue weighted by molar-refractivity contribution is 0.436. The van der Waals surface area contributed by atoms with E-state index in [2.05, 4.69) is 0 Å². The minimum absolute atomic E-state index is 0.506. The summed E-state index contributed by atoms with van der Waals surface area (Å²) in [5.74, 6) is -20.0. The number of allylic oxidation sites excluding steroid dienone is 6. The zero-order valence-electron chi connectivity index (χ0n) is 13.8. The van der Waals surface area contributed by atoms with Crippen molar-refractivity contribution in [3.05, 3.63) is 107 Å². The van der Waals surface area contributed by atoms with E-state index in [-0.39, 0.29) is 0 Å². The first-order valence-corrected chi connectivity index (χ1v) is 7.58. The Labute approximate surface area is 154 Å². The third kappa shape index (κ3) is 4.57. The van der Waals surface area contributed by atoms with Crippen molar-refractivity contribution in [1.82, 2.24) is 0 Å². The van der Waals surface area contributed by atoms with Gasteiger partial charge in [0.25, 0.3) is 0 Å². The molecule has 0 heterocycles. The van der Waals surface area contributed by atoms with E-state index in [0.717, 1.165) is 24.3 Å². The minimum atomic E-state index is -2.86. The second kappa shape index (κ2) is 9.16. The van der Waals surface area contributed by atoms with Gasteiger partial charge in [-0.15, -0.1) is 0 Å². The van der Waals surface area contributed by atoms with Crippen LogP contribution in [0.1, 0.15) is 11.1 Å². The summed E-state index contributed by atoms with van der Waals surface area (Å²) in [6, 6.07) is 11.9. The second-order valence-corrected chi connectivity index (χ2v) is 5.24. The summed E-state index contributed by atoms with van der Waals surface area (Å²) in [6.45, 7) is 0. The van der Waals surface area contributed by atoms with E-state index in [1.807, 2.05) is 0 Å². The summed E-state index contributed by atoms with van der Waals surface area (Å²) < 4.78 is 110. The number of halogens is 8. The smallest absolute Gasteiger partial charge is 0.200 e. The highest BCUT2D eigenvalue weighted by Crippen LogP contribution is 2.36. The summed E-state index contributed by atoms with van der Waals surface area (Å²) in [4.78, 5) is 0. The van der Waals surface area contributed by atoms with E-state index < -0.39 is 57.7 Å². The quantitative estimate of drug-likeness (QED) is 0.352. The molecule has 0 aliphatic rings.